The lowest BCUT2D eigenvalue weighted by Gasteiger charge is -2.21. The molecule has 0 bridgehead atoms. The SMILES string of the molecule is CCNC(=NCc1sccc1C)NC1CCN(C(=O)C2CCCC2)C1. The summed E-state index contributed by atoms with van der Waals surface area (Å²) in [5.41, 5.74) is 1.30. The minimum Gasteiger partial charge on any atom is -0.357 e. The average Bonchev–Trinajstić information content (AvgIpc) is 3.35. The van der Waals surface area contributed by atoms with Crippen LogP contribution in [0.1, 0.15) is 49.5 Å². The standard InChI is InChI=1S/C19H30N4OS/c1-3-20-19(21-12-17-14(2)9-11-25-17)22-16-8-10-23(13-16)18(24)15-6-4-5-7-15/h9,11,15-16H,3-8,10,12-13H2,1-2H3,(H2,20,21,22). The van der Waals surface area contributed by atoms with Crippen LogP contribution in [0, 0.1) is 12.8 Å². The van der Waals surface area contributed by atoms with Gasteiger partial charge in [0.2, 0.25) is 5.91 Å². The molecule has 6 heteroatoms. The third-order valence-electron chi connectivity index (χ3n) is 5.24. The van der Waals surface area contributed by atoms with Gasteiger partial charge in [-0.05, 0) is 50.1 Å². The number of carbonyl (C=O) groups is 1. The van der Waals surface area contributed by atoms with E-state index in [1.807, 2.05) is 0 Å². The van der Waals surface area contributed by atoms with Crippen LogP contribution in [0.4, 0.5) is 0 Å². The predicted octanol–water partition coefficient (Wildman–Crippen LogP) is 2.90. The number of amides is 1. The molecule has 3 rings (SSSR count). The second-order valence-electron chi connectivity index (χ2n) is 7.12. The van der Waals surface area contributed by atoms with E-state index in [4.69, 9.17) is 4.99 Å². The third kappa shape index (κ3) is 4.75. The molecule has 1 aliphatic carbocycles. The summed E-state index contributed by atoms with van der Waals surface area (Å²) < 4.78 is 0. The Morgan fingerprint density at radius 1 is 1.36 bits per heavy atom. The van der Waals surface area contributed by atoms with E-state index >= 15 is 0 Å². The fraction of sp³-hybridized carbons (Fsp3) is 0.684. The average molecular weight is 363 g/mol. The molecule has 1 unspecified atom stereocenters. The quantitative estimate of drug-likeness (QED) is 0.625. The normalized spacial score (nSPS) is 21.8. The minimum absolute atomic E-state index is 0.280. The van der Waals surface area contributed by atoms with Gasteiger partial charge in [-0.1, -0.05) is 12.8 Å². The van der Waals surface area contributed by atoms with Gasteiger partial charge in [0.05, 0.1) is 6.54 Å². The molecule has 138 valence electrons. The van der Waals surface area contributed by atoms with Gasteiger partial charge in [-0.25, -0.2) is 4.99 Å². The first-order valence-corrected chi connectivity index (χ1v) is 10.4. The molecule has 1 aromatic rings. The maximum absolute atomic E-state index is 12.6. The number of aliphatic imine (C=N–C) groups is 1. The second kappa shape index (κ2) is 8.70. The molecule has 0 spiro atoms. The highest BCUT2D eigenvalue weighted by atomic mass is 32.1. The van der Waals surface area contributed by atoms with Crippen LogP contribution < -0.4 is 10.6 Å². The summed E-state index contributed by atoms with van der Waals surface area (Å²) in [6, 6.07) is 2.44. The van der Waals surface area contributed by atoms with Crippen LogP contribution in [0.3, 0.4) is 0 Å². The van der Waals surface area contributed by atoms with Crippen LogP contribution in [0.25, 0.3) is 0 Å². The second-order valence-corrected chi connectivity index (χ2v) is 8.12. The highest BCUT2D eigenvalue weighted by Gasteiger charge is 2.32. The Balaban J connectivity index is 1.53. The van der Waals surface area contributed by atoms with Gasteiger partial charge in [-0.2, -0.15) is 0 Å². The summed E-state index contributed by atoms with van der Waals surface area (Å²) in [6.45, 7) is 7.43. The van der Waals surface area contributed by atoms with Crippen LogP contribution in [0.5, 0.6) is 0 Å². The summed E-state index contributed by atoms with van der Waals surface area (Å²) in [5.74, 6) is 1.51. The van der Waals surface area contributed by atoms with E-state index < -0.39 is 0 Å². The van der Waals surface area contributed by atoms with Crippen LogP contribution in [-0.2, 0) is 11.3 Å². The molecule has 2 aliphatic rings. The monoisotopic (exact) mass is 362 g/mol. The molecule has 25 heavy (non-hydrogen) atoms. The van der Waals surface area contributed by atoms with Gasteiger partial charge in [-0.15, -0.1) is 11.3 Å². The topological polar surface area (TPSA) is 56.7 Å². The van der Waals surface area contributed by atoms with Gasteiger partial charge in [0.25, 0.3) is 0 Å². The number of nitrogens with zero attached hydrogens (tertiary/aromatic N) is 2. The number of guanidine groups is 1. The molecule has 2 fully saturated rings. The van der Waals surface area contributed by atoms with E-state index in [2.05, 4.69) is 40.8 Å². The zero-order valence-electron chi connectivity index (χ0n) is 15.4. The lowest BCUT2D eigenvalue weighted by atomic mass is 10.1. The van der Waals surface area contributed by atoms with Gasteiger partial charge in [0, 0.05) is 36.5 Å². The summed E-state index contributed by atoms with van der Waals surface area (Å²) in [4.78, 5) is 20.7. The lowest BCUT2D eigenvalue weighted by molar-refractivity contribution is -0.134. The Kier molecular flexibility index (Phi) is 6.34. The van der Waals surface area contributed by atoms with Crippen molar-refractivity contribution in [3.05, 3.63) is 21.9 Å². The molecule has 2 N–H and O–H groups in total. The molecule has 5 nitrogen and oxygen atoms in total. The number of thiophene rings is 1. The highest BCUT2D eigenvalue weighted by Crippen LogP contribution is 2.27. The fourth-order valence-corrected chi connectivity index (χ4v) is 4.57. The molecule has 1 amide bonds. The molecule has 1 saturated carbocycles. The summed E-state index contributed by atoms with van der Waals surface area (Å²) in [7, 11) is 0. The molecule has 0 aromatic carbocycles. The van der Waals surface area contributed by atoms with E-state index in [0.717, 1.165) is 44.9 Å². The smallest absolute Gasteiger partial charge is 0.225 e. The first-order chi connectivity index (χ1) is 12.2. The predicted molar refractivity (Wildman–Crippen MR) is 104 cm³/mol. The Bertz CT molecular complexity index is 606. The Labute approximate surface area is 154 Å². The van der Waals surface area contributed by atoms with Crippen molar-refractivity contribution in [2.24, 2.45) is 10.9 Å². The minimum atomic E-state index is 0.280. The number of carbonyl (C=O) groups excluding carboxylic acids is 1. The van der Waals surface area contributed by atoms with Crippen molar-refractivity contribution < 1.29 is 4.79 Å². The van der Waals surface area contributed by atoms with Crippen molar-refractivity contribution in [3.8, 4) is 0 Å². The van der Waals surface area contributed by atoms with E-state index in [-0.39, 0.29) is 5.92 Å². The van der Waals surface area contributed by atoms with Crippen LogP contribution in [0.2, 0.25) is 0 Å². The summed E-state index contributed by atoms with van der Waals surface area (Å²) in [5, 5.41) is 8.97. The number of likely N-dealkylation sites (tertiary alicyclic amines) is 1. The van der Waals surface area contributed by atoms with Crippen molar-refractivity contribution >= 4 is 23.2 Å². The Hall–Kier alpha value is -1.56. The first kappa shape index (κ1) is 18.2. The van der Waals surface area contributed by atoms with Gasteiger partial charge < -0.3 is 15.5 Å². The van der Waals surface area contributed by atoms with E-state index in [9.17, 15) is 4.79 Å². The maximum atomic E-state index is 12.6. The number of rotatable bonds is 5. The molecule has 1 aliphatic heterocycles. The molecule has 1 saturated heterocycles. The Morgan fingerprint density at radius 3 is 2.84 bits per heavy atom. The summed E-state index contributed by atoms with van der Waals surface area (Å²) in [6.07, 6.45) is 5.59. The van der Waals surface area contributed by atoms with Gasteiger partial charge >= 0.3 is 0 Å². The van der Waals surface area contributed by atoms with Gasteiger partial charge in [-0.3, -0.25) is 4.79 Å². The van der Waals surface area contributed by atoms with Gasteiger partial charge in [0.15, 0.2) is 5.96 Å². The van der Waals surface area contributed by atoms with Crippen molar-refractivity contribution in [1.29, 1.82) is 0 Å². The molecule has 2 heterocycles. The Morgan fingerprint density at radius 2 is 2.16 bits per heavy atom. The molecule has 1 atom stereocenters. The van der Waals surface area contributed by atoms with Crippen LogP contribution >= 0.6 is 11.3 Å². The number of nitrogens with one attached hydrogen (secondary N) is 2. The summed E-state index contributed by atoms with van der Waals surface area (Å²) >= 11 is 1.76. The van der Waals surface area contributed by atoms with Crippen LogP contribution in [-0.4, -0.2) is 42.4 Å². The largest absolute Gasteiger partial charge is 0.357 e. The molecule has 1 aromatic heterocycles. The van der Waals surface area contributed by atoms with Gasteiger partial charge in [0.1, 0.15) is 0 Å². The highest BCUT2D eigenvalue weighted by molar-refractivity contribution is 7.10. The zero-order chi connectivity index (χ0) is 17.6. The molecule has 0 radical (unpaired) electrons. The number of hydrogen-bond acceptors (Lipinski definition) is 3. The number of aryl methyl sites for hydroxylation is 1. The van der Waals surface area contributed by atoms with Crippen molar-refractivity contribution in [2.45, 2.75) is 58.5 Å². The van der Waals surface area contributed by atoms with E-state index in [1.165, 1.54) is 23.3 Å². The van der Waals surface area contributed by atoms with Crippen molar-refractivity contribution in [2.75, 3.05) is 19.6 Å². The maximum Gasteiger partial charge on any atom is 0.225 e. The zero-order valence-corrected chi connectivity index (χ0v) is 16.2. The third-order valence-corrected chi connectivity index (χ3v) is 6.25. The fourth-order valence-electron chi connectivity index (χ4n) is 3.74. The number of hydrogen-bond donors (Lipinski definition) is 2. The van der Waals surface area contributed by atoms with Crippen LogP contribution in [0.15, 0.2) is 16.4 Å². The molecular formula is C19H30N4OS. The van der Waals surface area contributed by atoms with E-state index in [0.29, 0.717) is 18.5 Å². The van der Waals surface area contributed by atoms with Crippen molar-refractivity contribution in [3.63, 3.8) is 0 Å². The lowest BCUT2D eigenvalue weighted by Crippen LogP contribution is -2.45. The molecular weight excluding hydrogens is 332 g/mol. The first-order valence-electron chi connectivity index (χ1n) is 9.54. The van der Waals surface area contributed by atoms with E-state index in [1.54, 1.807) is 11.3 Å². The van der Waals surface area contributed by atoms with Crippen molar-refractivity contribution in [1.82, 2.24) is 15.5 Å².